The number of thiazole rings is 1. The van der Waals surface area contributed by atoms with Crippen molar-refractivity contribution in [3.05, 3.63) is 79.9 Å². The summed E-state index contributed by atoms with van der Waals surface area (Å²) in [6.45, 7) is 2.00. The summed E-state index contributed by atoms with van der Waals surface area (Å²) in [5, 5.41) is 16.4. The van der Waals surface area contributed by atoms with Crippen LogP contribution in [-0.4, -0.2) is 42.9 Å². The number of aliphatic carboxylic acids is 1. The minimum Gasteiger partial charge on any atom is -0.496 e. The number of alkyl halides is 3. The third-order valence-corrected chi connectivity index (χ3v) is 9.20. The maximum atomic E-state index is 14.2. The average Bonchev–Trinajstić information content (AvgIpc) is 3.54. The molecule has 8 nitrogen and oxygen atoms in total. The van der Waals surface area contributed by atoms with Gasteiger partial charge in [-0.1, -0.05) is 36.7 Å². The van der Waals surface area contributed by atoms with Crippen LogP contribution in [0.15, 0.2) is 36.7 Å². The molecule has 0 spiro atoms. The fraction of sp³-hybridized carbons (Fsp3) is 0.346. The lowest BCUT2D eigenvalue weighted by Gasteiger charge is -2.23. The van der Waals surface area contributed by atoms with Crippen molar-refractivity contribution >= 4 is 40.7 Å². The number of carbonyl (C=O) groups is 1. The number of hydrogen-bond donors (Lipinski definition) is 1. The molecule has 2 atom stereocenters. The fourth-order valence-electron chi connectivity index (χ4n) is 4.69. The molecule has 0 aliphatic carbocycles. The first-order valence-electron chi connectivity index (χ1n) is 12.3. The number of methoxy groups -OCH3 is 1. The van der Waals surface area contributed by atoms with Crippen molar-refractivity contribution in [2.24, 2.45) is 0 Å². The zero-order valence-corrected chi connectivity index (χ0v) is 23.7. The van der Waals surface area contributed by atoms with Gasteiger partial charge in [-0.15, -0.1) is 33.3 Å². The van der Waals surface area contributed by atoms with Gasteiger partial charge < -0.3 is 9.84 Å². The van der Waals surface area contributed by atoms with Gasteiger partial charge in [0.2, 0.25) is 5.82 Å². The van der Waals surface area contributed by atoms with Crippen LogP contribution in [-0.2, 0) is 30.2 Å². The van der Waals surface area contributed by atoms with Crippen molar-refractivity contribution in [2.75, 3.05) is 7.11 Å². The van der Waals surface area contributed by atoms with Gasteiger partial charge in [0.05, 0.1) is 34.1 Å². The first-order chi connectivity index (χ1) is 19.1. The van der Waals surface area contributed by atoms with Gasteiger partial charge in [0.1, 0.15) is 11.6 Å². The highest BCUT2D eigenvalue weighted by molar-refractivity contribution is 8.00. The van der Waals surface area contributed by atoms with E-state index >= 15 is 0 Å². The van der Waals surface area contributed by atoms with Crippen LogP contribution in [0.3, 0.4) is 0 Å². The van der Waals surface area contributed by atoms with Crippen molar-refractivity contribution in [1.82, 2.24) is 24.7 Å². The van der Waals surface area contributed by atoms with Gasteiger partial charge in [-0.25, -0.2) is 9.97 Å². The third kappa shape index (κ3) is 5.54. The second kappa shape index (κ2) is 11.4. The number of nitrogens with zero attached hydrogens (tertiary/aromatic N) is 5. The van der Waals surface area contributed by atoms with E-state index in [2.05, 4.69) is 20.2 Å². The normalized spacial score (nSPS) is 16.8. The van der Waals surface area contributed by atoms with Gasteiger partial charge >= 0.3 is 12.1 Å². The molecule has 1 aliphatic rings. The smallest absolute Gasteiger partial charge is 0.452 e. The molecule has 1 aromatic carbocycles. The van der Waals surface area contributed by atoms with Crippen LogP contribution in [0.4, 0.5) is 13.2 Å². The summed E-state index contributed by atoms with van der Waals surface area (Å²) < 4.78 is 49.4. The molecule has 1 aliphatic heterocycles. The van der Waals surface area contributed by atoms with Gasteiger partial charge in [-0.2, -0.15) is 13.2 Å². The highest BCUT2D eigenvalue weighted by Crippen LogP contribution is 2.53. The van der Waals surface area contributed by atoms with Crippen LogP contribution < -0.4 is 4.74 Å². The second-order valence-corrected chi connectivity index (χ2v) is 11.9. The Bertz CT molecular complexity index is 1560. The molecule has 0 radical (unpaired) electrons. The highest BCUT2D eigenvalue weighted by Gasteiger charge is 2.44. The number of carboxylic acid groups (broad SMARTS) is 1. The van der Waals surface area contributed by atoms with Crippen molar-refractivity contribution in [3.8, 4) is 11.6 Å². The minimum absolute atomic E-state index is 0.0412. The van der Waals surface area contributed by atoms with Crippen molar-refractivity contribution in [2.45, 2.75) is 49.3 Å². The number of carboxylic acids is 1. The molecule has 1 N–H and O–H groups in total. The molecule has 4 heterocycles. The van der Waals surface area contributed by atoms with E-state index < -0.39 is 28.5 Å². The Morgan fingerprint density at radius 3 is 2.70 bits per heavy atom. The number of aromatic nitrogens is 5. The Morgan fingerprint density at radius 2 is 2.00 bits per heavy atom. The number of benzene rings is 1. The molecule has 0 bridgehead atoms. The predicted octanol–water partition coefficient (Wildman–Crippen LogP) is 6.50. The van der Waals surface area contributed by atoms with Crippen molar-refractivity contribution < 1.29 is 27.8 Å². The summed E-state index contributed by atoms with van der Waals surface area (Å²) in [6.07, 6.45) is -0.660. The SMILES string of the molecule is CCc1cccc(C2SC(Cc3ncc(CCC(=O)O)s3)c3nnc(C(F)(F)F)n3-c3ncc(Cl)cc32)c1OC. The van der Waals surface area contributed by atoms with E-state index in [9.17, 15) is 18.0 Å². The topological polar surface area (TPSA) is 103 Å². The Morgan fingerprint density at radius 1 is 1.20 bits per heavy atom. The number of hydrogen-bond acceptors (Lipinski definition) is 8. The zero-order chi connectivity index (χ0) is 28.6. The van der Waals surface area contributed by atoms with Crippen molar-refractivity contribution in [1.29, 1.82) is 0 Å². The van der Waals surface area contributed by atoms with Crippen LogP contribution in [0, 0.1) is 0 Å². The largest absolute Gasteiger partial charge is 0.496 e. The van der Waals surface area contributed by atoms with Crippen LogP contribution in [0.25, 0.3) is 5.82 Å². The lowest BCUT2D eigenvalue weighted by molar-refractivity contribution is -0.146. The summed E-state index contributed by atoms with van der Waals surface area (Å²) in [7, 11) is 1.57. The van der Waals surface area contributed by atoms with Crippen LogP contribution in [0.5, 0.6) is 5.75 Å². The van der Waals surface area contributed by atoms with Crippen molar-refractivity contribution in [3.63, 3.8) is 0 Å². The second-order valence-electron chi connectivity index (χ2n) is 9.00. The van der Waals surface area contributed by atoms with Crippen LogP contribution in [0.2, 0.25) is 5.02 Å². The number of para-hydroxylation sites is 1. The minimum atomic E-state index is -4.79. The lowest BCUT2D eigenvalue weighted by atomic mass is 9.99. The van der Waals surface area contributed by atoms with Crippen LogP contribution in [0.1, 0.15) is 62.1 Å². The molecule has 5 rings (SSSR count). The summed E-state index contributed by atoms with van der Waals surface area (Å²) in [4.78, 5) is 20.6. The Hall–Kier alpha value is -3.16. The van der Waals surface area contributed by atoms with E-state index in [-0.39, 0.29) is 29.5 Å². The highest BCUT2D eigenvalue weighted by atomic mass is 35.5. The van der Waals surface area contributed by atoms with Gasteiger partial charge in [0.25, 0.3) is 0 Å². The number of pyridine rings is 1. The quantitative estimate of drug-likeness (QED) is 0.241. The molecule has 0 saturated carbocycles. The predicted molar refractivity (Wildman–Crippen MR) is 145 cm³/mol. The molecular formula is C26H23ClF3N5O3S2. The first-order valence-corrected chi connectivity index (χ1v) is 14.4. The zero-order valence-electron chi connectivity index (χ0n) is 21.3. The molecule has 3 aromatic heterocycles. The Balaban J connectivity index is 1.68. The number of fused-ring (bicyclic) bond motifs is 3. The number of halogens is 4. The van der Waals surface area contributed by atoms with E-state index in [0.29, 0.717) is 29.2 Å². The Kier molecular flexibility index (Phi) is 8.07. The lowest BCUT2D eigenvalue weighted by Crippen LogP contribution is -2.17. The first kappa shape index (κ1) is 28.4. The van der Waals surface area contributed by atoms with Gasteiger partial charge in [0, 0.05) is 34.8 Å². The van der Waals surface area contributed by atoms with Crippen LogP contribution >= 0.6 is 34.7 Å². The van der Waals surface area contributed by atoms with E-state index in [1.54, 1.807) is 19.4 Å². The molecular weight excluding hydrogens is 587 g/mol. The summed E-state index contributed by atoms with van der Waals surface area (Å²) in [5.41, 5.74) is 2.20. The maximum Gasteiger partial charge on any atom is 0.452 e. The van der Waals surface area contributed by atoms with E-state index in [0.717, 1.165) is 20.6 Å². The number of aryl methyl sites for hydroxylation is 2. The summed E-state index contributed by atoms with van der Waals surface area (Å²) in [6, 6.07) is 7.36. The standard InChI is InChI=1S/C26H23ClF3N5O3S2/c1-3-13-5-4-6-16(21(13)38-2)22-17-9-14(27)11-32-23(17)35-24(33-34-25(35)26(28,29)30)18(40-22)10-19-31-12-15(39-19)7-8-20(36)37/h4-6,9,11-12,18,22H,3,7-8,10H2,1-2H3,(H,36,37). The van der Waals surface area contributed by atoms with E-state index in [1.165, 1.54) is 29.3 Å². The molecule has 0 fully saturated rings. The molecule has 40 heavy (non-hydrogen) atoms. The third-order valence-electron chi connectivity index (χ3n) is 6.43. The van der Waals surface area contributed by atoms with Gasteiger partial charge in [-0.05, 0) is 24.5 Å². The number of rotatable bonds is 8. The number of ether oxygens (including phenoxy) is 1. The van der Waals surface area contributed by atoms with E-state index in [4.69, 9.17) is 21.4 Å². The molecule has 210 valence electrons. The van der Waals surface area contributed by atoms with Gasteiger partial charge in [0.15, 0.2) is 5.82 Å². The average molecular weight is 610 g/mol. The summed E-state index contributed by atoms with van der Waals surface area (Å²) in [5.74, 6) is -1.32. The molecule has 4 aromatic rings. The summed E-state index contributed by atoms with van der Waals surface area (Å²) >= 11 is 9.08. The van der Waals surface area contributed by atoms with E-state index in [1.807, 2.05) is 25.1 Å². The monoisotopic (exact) mass is 609 g/mol. The molecule has 2 unspecified atom stereocenters. The molecule has 14 heteroatoms. The number of thioether (sulfide) groups is 1. The Labute approximate surface area is 240 Å². The fourth-order valence-corrected chi connectivity index (χ4v) is 7.44. The molecule has 0 amide bonds. The maximum absolute atomic E-state index is 14.2. The van der Waals surface area contributed by atoms with Gasteiger partial charge in [-0.3, -0.25) is 9.36 Å². The molecule has 0 saturated heterocycles.